The third-order valence-corrected chi connectivity index (χ3v) is 3.63. The van der Waals surface area contributed by atoms with E-state index in [-0.39, 0.29) is 24.8 Å². The molecule has 1 aliphatic rings. The molecule has 6 heteroatoms. The monoisotopic (exact) mass is 272 g/mol. The van der Waals surface area contributed by atoms with Crippen LogP contribution in [0.15, 0.2) is 0 Å². The summed E-state index contributed by atoms with van der Waals surface area (Å²) in [6.07, 6.45) is 0.483. The second-order valence-corrected chi connectivity index (χ2v) is 5.54. The maximum Gasteiger partial charge on any atom is 0.317 e. The lowest BCUT2D eigenvalue weighted by atomic mass is 9.88. The third-order valence-electron chi connectivity index (χ3n) is 3.63. The Balaban J connectivity index is 2.53. The van der Waals surface area contributed by atoms with Crippen molar-refractivity contribution >= 4 is 12.0 Å². The lowest BCUT2D eigenvalue weighted by Crippen LogP contribution is -2.53. The number of morpholine rings is 1. The van der Waals surface area contributed by atoms with Crippen molar-refractivity contribution in [1.82, 2.24) is 10.2 Å². The number of hydrogen-bond acceptors (Lipinski definition) is 3. The van der Waals surface area contributed by atoms with Crippen LogP contribution in [-0.4, -0.2) is 53.8 Å². The summed E-state index contributed by atoms with van der Waals surface area (Å²) in [6, 6.07) is -0.220. The summed E-state index contributed by atoms with van der Waals surface area (Å²) in [5.41, 5.74) is -0.917. The maximum absolute atomic E-state index is 12.0. The number of rotatable bonds is 4. The summed E-state index contributed by atoms with van der Waals surface area (Å²) in [7, 11) is 0. The number of carbonyl (C=O) groups excluding carboxylic acids is 1. The van der Waals surface area contributed by atoms with Crippen LogP contribution in [0.5, 0.6) is 0 Å². The Bertz CT molecular complexity index is 338. The molecule has 0 aromatic rings. The minimum atomic E-state index is -0.917. The van der Waals surface area contributed by atoms with Crippen LogP contribution in [0.1, 0.15) is 34.1 Å². The minimum Gasteiger partial charge on any atom is -0.481 e. The molecule has 2 N–H and O–H groups in total. The number of ether oxygens (including phenoxy) is 1. The summed E-state index contributed by atoms with van der Waals surface area (Å²) in [4.78, 5) is 24.9. The molecule has 6 nitrogen and oxygen atoms in total. The van der Waals surface area contributed by atoms with E-state index in [1.807, 2.05) is 13.8 Å². The van der Waals surface area contributed by atoms with Gasteiger partial charge in [-0.05, 0) is 27.2 Å². The van der Waals surface area contributed by atoms with Gasteiger partial charge >= 0.3 is 12.0 Å². The first kappa shape index (κ1) is 15.8. The Labute approximate surface area is 114 Å². The van der Waals surface area contributed by atoms with Crippen molar-refractivity contribution < 1.29 is 19.4 Å². The first-order chi connectivity index (χ1) is 8.78. The highest BCUT2D eigenvalue weighted by molar-refractivity contribution is 5.78. The molecule has 0 saturated carbocycles. The highest BCUT2D eigenvalue weighted by Gasteiger charge is 2.33. The number of amides is 2. The molecule has 1 heterocycles. The second-order valence-electron chi connectivity index (χ2n) is 5.54. The van der Waals surface area contributed by atoms with Crippen LogP contribution < -0.4 is 5.32 Å². The largest absolute Gasteiger partial charge is 0.481 e. The molecule has 0 aromatic heterocycles. The molecule has 19 heavy (non-hydrogen) atoms. The number of nitrogens with one attached hydrogen (secondary N) is 1. The number of hydrogen-bond donors (Lipinski definition) is 2. The number of nitrogens with zero attached hydrogens (tertiary/aromatic N) is 1. The Hall–Kier alpha value is -1.30. The molecule has 3 unspecified atom stereocenters. The van der Waals surface area contributed by atoms with E-state index in [9.17, 15) is 9.59 Å². The van der Waals surface area contributed by atoms with Gasteiger partial charge in [0.2, 0.25) is 0 Å². The summed E-state index contributed by atoms with van der Waals surface area (Å²) in [5.74, 6) is -0.890. The standard InChI is InChI=1S/C13H24N2O4/c1-5-13(4,11(16)17)8-14-12(18)15-6-9(2)19-10(3)7-15/h9-10H,5-8H2,1-4H3,(H,14,18)(H,16,17). The van der Waals surface area contributed by atoms with E-state index in [1.165, 1.54) is 0 Å². The fourth-order valence-corrected chi connectivity index (χ4v) is 2.08. The summed E-state index contributed by atoms with van der Waals surface area (Å²) in [5, 5.41) is 11.9. The number of urea groups is 1. The van der Waals surface area contributed by atoms with Crippen molar-refractivity contribution in [3.63, 3.8) is 0 Å². The highest BCUT2D eigenvalue weighted by atomic mass is 16.5. The summed E-state index contributed by atoms with van der Waals surface area (Å²) in [6.45, 7) is 8.49. The quantitative estimate of drug-likeness (QED) is 0.808. The van der Waals surface area contributed by atoms with E-state index in [0.717, 1.165) is 0 Å². The molecular formula is C13H24N2O4. The first-order valence-corrected chi connectivity index (χ1v) is 6.70. The van der Waals surface area contributed by atoms with Crippen molar-refractivity contribution in [2.45, 2.75) is 46.3 Å². The molecule has 0 radical (unpaired) electrons. The molecule has 1 rings (SSSR count). The maximum atomic E-state index is 12.0. The third kappa shape index (κ3) is 4.09. The first-order valence-electron chi connectivity index (χ1n) is 6.70. The predicted molar refractivity (Wildman–Crippen MR) is 71.0 cm³/mol. The zero-order chi connectivity index (χ0) is 14.6. The van der Waals surface area contributed by atoms with Gasteiger partial charge in [-0.2, -0.15) is 0 Å². The van der Waals surface area contributed by atoms with Crippen LogP contribution >= 0.6 is 0 Å². The topological polar surface area (TPSA) is 78.9 Å². The van der Waals surface area contributed by atoms with Gasteiger partial charge in [0.15, 0.2) is 0 Å². The molecule has 1 aliphatic heterocycles. The van der Waals surface area contributed by atoms with Crippen LogP contribution in [0.4, 0.5) is 4.79 Å². The van der Waals surface area contributed by atoms with E-state index in [2.05, 4.69) is 5.32 Å². The second kappa shape index (κ2) is 6.23. The zero-order valence-corrected chi connectivity index (χ0v) is 12.1. The van der Waals surface area contributed by atoms with Gasteiger partial charge in [-0.25, -0.2) is 4.79 Å². The van der Waals surface area contributed by atoms with Gasteiger partial charge in [-0.1, -0.05) is 6.92 Å². The van der Waals surface area contributed by atoms with Crippen LogP contribution in [0.2, 0.25) is 0 Å². The lowest BCUT2D eigenvalue weighted by molar-refractivity contribution is -0.147. The van der Waals surface area contributed by atoms with Gasteiger partial charge in [0, 0.05) is 19.6 Å². The minimum absolute atomic E-state index is 0.00605. The number of aliphatic carboxylic acids is 1. The molecule has 0 bridgehead atoms. The molecule has 3 atom stereocenters. The summed E-state index contributed by atoms with van der Waals surface area (Å²) >= 11 is 0. The molecule has 2 amide bonds. The average Bonchev–Trinajstić information content (AvgIpc) is 2.34. The Morgan fingerprint density at radius 2 is 1.89 bits per heavy atom. The normalized spacial score (nSPS) is 26.6. The van der Waals surface area contributed by atoms with Gasteiger partial charge < -0.3 is 20.1 Å². The van der Waals surface area contributed by atoms with Gasteiger partial charge in [-0.3, -0.25) is 4.79 Å². The van der Waals surface area contributed by atoms with Gasteiger partial charge in [0.05, 0.1) is 17.6 Å². The Morgan fingerprint density at radius 3 is 2.32 bits per heavy atom. The van der Waals surface area contributed by atoms with Gasteiger partial charge in [0.25, 0.3) is 0 Å². The molecule has 0 aromatic carbocycles. The molecule has 1 fully saturated rings. The number of carboxylic acid groups (broad SMARTS) is 1. The zero-order valence-electron chi connectivity index (χ0n) is 12.1. The fraction of sp³-hybridized carbons (Fsp3) is 0.846. The van der Waals surface area contributed by atoms with Crippen LogP contribution in [-0.2, 0) is 9.53 Å². The molecule has 1 saturated heterocycles. The highest BCUT2D eigenvalue weighted by Crippen LogP contribution is 2.20. The number of carboxylic acids is 1. The van der Waals surface area contributed by atoms with Crippen molar-refractivity contribution in [2.24, 2.45) is 5.41 Å². The van der Waals surface area contributed by atoms with Crippen LogP contribution in [0.25, 0.3) is 0 Å². The molecule has 0 spiro atoms. The van der Waals surface area contributed by atoms with Crippen molar-refractivity contribution in [2.75, 3.05) is 19.6 Å². The number of carbonyl (C=O) groups is 2. The van der Waals surface area contributed by atoms with E-state index in [0.29, 0.717) is 19.5 Å². The van der Waals surface area contributed by atoms with E-state index in [4.69, 9.17) is 9.84 Å². The van der Waals surface area contributed by atoms with E-state index >= 15 is 0 Å². The van der Waals surface area contributed by atoms with Crippen molar-refractivity contribution in [3.8, 4) is 0 Å². The smallest absolute Gasteiger partial charge is 0.317 e. The molecular weight excluding hydrogens is 248 g/mol. The molecule has 0 aliphatic carbocycles. The van der Waals surface area contributed by atoms with Gasteiger partial charge in [-0.15, -0.1) is 0 Å². The Kier molecular flexibility index (Phi) is 5.17. The molecule has 110 valence electrons. The van der Waals surface area contributed by atoms with Gasteiger partial charge in [0.1, 0.15) is 0 Å². The van der Waals surface area contributed by atoms with Crippen LogP contribution in [0, 0.1) is 5.41 Å². The van der Waals surface area contributed by atoms with Crippen molar-refractivity contribution in [3.05, 3.63) is 0 Å². The van der Waals surface area contributed by atoms with E-state index in [1.54, 1.807) is 18.7 Å². The Morgan fingerprint density at radius 1 is 1.37 bits per heavy atom. The fourth-order valence-electron chi connectivity index (χ4n) is 2.08. The van der Waals surface area contributed by atoms with Crippen LogP contribution in [0.3, 0.4) is 0 Å². The lowest BCUT2D eigenvalue weighted by Gasteiger charge is -2.36. The van der Waals surface area contributed by atoms with Crippen molar-refractivity contribution in [1.29, 1.82) is 0 Å². The predicted octanol–water partition coefficient (Wildman–Crippen LogP) is 1.31. The SMILES string of the molecule is CCC(C)(CNC(=O)N1CC(C)OC(C)C1)C(=O)O. The average molecular weight is 272 g/mol. The summed E-state index contributed by atoms with van der Waals surface area (Å²) < 4.78 is 5.56. The van der Waals surface area contributed by atoms with E-state index < -0.39 is 11.4 Å².